The first-order chi connectivity index (χ1) is 4.57. The SMILES string of the molecule is [CH2+]C(N)CC(C)C(Cl)CC. The first-order valence-electron chi connectivity index (χ1n) is 3.80. The highest BCUT2D eigenvalue weighted by Crippen LogP contribution is 2.17. The number of nitrogens with two attached hydrogens (primary N) is 1. The smallest absolute Gasteiger partial charge is 0.144 e. The molecule has 0 bridgehead atoms. The van der Waals surface area contributed by atoms with E-state index in [-0.39, 0.29) is 11.4 Å². The lowest BCUT2D eigenvalue weighted by Gasteiger charge is -2.15. The van der Waals surface area contributed by atoms with Crippen molar-refractivity contribution in [3.63, 3.8) is 0 Å². The molecule has 0 rings (SSSR count). The van der Waals surface area contributed by atoms with Gasteiger partial charge in [-0.1, -0.05) is 13.8 Å². The number of alkyl halides is 1. The number of hydrogen-bond acceptors (Lipinski definition) is 1. The van der Waals surface area contributed by atoms with E-state index in [1.165, 1.54) is 0 Å². The summed E-state index contributed by atoms with van der Waals surface area (Å²) in [6, 6.07) is 0.0304. The van der Waals surface area contributed by atoms with Crippen molar-refractivity contribution in [1.82, 2.24) is 0 Å². The predicted octanol–water partition coefficient (Wildman–Crippen LogP) is 2.19. The van der Waals surface area contributed by atoms with E-state index in [2.05, 4.69) is 20.8 Å². The second-order valence-corrected chi connectivity index (χ2v) is 3.46. The van der Waals surface area contributed by atoms with E-state index in [0.29, 0.717) is 5.92 Å². The normalized spacial score (nSPS) is 20.0. The minimum Gasteiger partial charge on any atom is -0.291 e. The van der Waals surface area contributed by atoms with E-state index in [4.69, 9.17) is 17.3 Å². The van der Waals surface area contributed by atoms with Gasteiger partial charge in [-0.2, -0.15) is 0 Å². The Morgan fingerprint density at radius 1 is 1.60 bits per heavy atom. The summed E-state index contributed by atoms with van der Waals surface area (Å²) >= 11 is 5.98. The molecule has 0 aromatic rings. The molecule has 0 aliphatic heterocycles. The van der Waals surface area contributed by atoms with Gasteiger partial charge >= 0.3 is 0 Å². The van der Waals surface area contributed by atoms with Crippen LogP contribution in [0.2, 0.25) is 0 Å². The Balaban J connectivity index is 3.50. The van der Waals surface area contributed by atoms with Gasteiger partial charge in [0, 0.05) is 11.8 Å². The molecule has 0 amide bonds. The molecule has 0 spiro atoms. The summed E-state index contributed by atoms with van der Waals surface area (Å²) < 4.78 is 0. The minimum atomic E-state index is 0.0304. The molecule has 3 atom stereocenters. The van der Waals surface area contributed by atoms with Crippen LogP contribution in [0, 0.1) is 12.8 Å². The molecular formula is C8H17ClN+. The topological polar surface area (TPSA) is 26.0 Å². The van der Waals surface area contributed by atoms with Crippen molar-refractivity contribution in [3.05, 3.63) is 6.92 Å². The molecule has 3 unspecified atom stereocenters. The van der Waals surface area contributed by atoms with Crippen LogP contribution in [0.4, 0.5) is 0 Å². The molecule has 0 aromatic carbocycles. The molecule has 1 nitrogen and oxygen atoms in total. The average molecular weight is 163 g/mol. The van der Waals surface area contributed by atoms with Crippen molar-refractivity contribution in [2.75, 3.05) is 0 Å². The minimum absolute atomic E-state index is 0.0304. The van der Waals surface area contributed by atoms with Crippen LogP contribution in [-0.4, -0.2) is 11.4 Å². The quantitative estimate of drug-likeness (QED) is 0.498. The Bertz CT molecular complexity index is 83.3. The summed E-state index contributed by atoms with van der Waals surface area (Å²) in [4.78, 5) is 0. The number of rotatable bonds is 4. The van der Waals surface area contributed by atoms with Crippen molar-refractivity contribution < 1.29 is 0 Å². The Hall–Kier alpha value is 0.120. The molecule has 0 fully saturated rings. The van der Waals surface area contributed by atoms with Gasteiger partial charge in [0.15, 0.2) is 0 Å². The maximum Gasteiger partial charge on any atom is 0.144 e. The summed E-state index contributed by atoms with van der Waals surface area (Å²) in [7, 11) is 0. The van der Waals surface area contributed by atoms with E-state index < -0.39 is 0 Å². The van der Waals surface area contributed by atoms with Gasteiger partial charge in [0.1, 0.15) is 6.04 Å². The van der Waals surface area contributed by atoms with Gasteiger partial charge < -0.3 is 0 Å². The summed E-state index contributed by atoms with van der Waals surface area (Å²) in [5, 5.41) is 0.257. The monoisotopic (exact) mass is 162 g/mol. The molecule has 2 N–H and O–H groups in total. The number of halogens is 1. The fourth-order valence-corrected chi connectivity index (χ4v) is 1.13. The first-order valence-corrected chi connectivity index (χ1v) is 4.24. The maximum atomic E-state index is 5.98. The standard InChI is InChI=1S/C8H17ClN/c1-4-8(9)6(2)5-7(3)10/h6-8H,3-5,10H2,1-2H3/q+1. The van der Waals surface area contributed by atoms with Gasteiger partial charge in [-0.3, -0.25) is 5.73 Å². The third-order valence-electron chi connectivity index (χ3n) is 1.68. The zero-order valence-corrected chi connectivity index (χ0v) is 7.56. The van der Waals surface area contributed by atoms with Crippen LogP contribution in [0.1, 0.15) is 26.7 Å². The second kappa shape index (κ2) is 4.86. The van der Waals surface area contributed by atoms with Gasteiger partial charge in [0.2, 0.25) is 0 Å². The highest BCUT2D eigenvalue weighted by atomic mass is 35.5. The molecule has 0 aliphatic rings. The third kappa shape index (κ3) is 4.02. The van der Waals surface area contributed by atoms with Crippen molar-refractivity contribution in [3.8, 4) is 0 Å². The average Bonchev–Trinajstić information content (AvgIpc) is 1.85. The Morgan fingerprint density at radius 3 is 2.40 bits per heavy atom. The van der Waals surface area contributed by atoms with Crippen molar-refractivity contribution in [1.29, 1.82) is 0 Å². The van der Waals surface area contributed by atoms with Gasteiger partial charge in [0.25, 0.3) is 0 Å². The second-order valence-electron chi connectivity index (χ2n) is 2.90. The van der Waals surface area contributed by atoms with Gasteiger partial charge in [-0.25, -0.2) is 0 Å². The van der Waals surface area contributed by atoms with Crippen LogP contribution < -0.4 is 5.73 Å². The zero-order valence-electron chi connectivity index (χ0n) is 6.81. The fourth-order valence-electron chi connectivity index (χ4n) is 1.03. The summed E-state index contributed by atoms with van der Waals surface area (Å²) in [6.07, 6.45) is 1.93. The van der Waals surface area contributed by atoms with E-state index in [0.717, 1.165) is 12.8 Å². The van der Waals surface area contributed by atoms with Crippen LogP contribution in [0.15, 0.2) is 0 Å². The molecule has 0 aromatic heterocycles. The van der Waals surface area contributed by atoms with E-state index in [1.807, 2.05) is 0 Å². The first kappa shape index (κ1) is 10.1. The van der Waals surface area contributed by atoms with Gasteiger partial charge in [-0.15, -0.1) is 11.6 Å². The molecule has 60 valence electrons. The Labute approximate surface area is 68.9 Å². The molecular weight excluding hydrogens is 146 g/mol. The highest BCUT2D eigenvalue weighted by Gasteiger charge is 2.15. The fraction of sp³-hybridized carbons (Fsp3) is 0.875. The maximum absolute atomic E-state index is 5.98. The van der Waals surface area contributed by atoms with Crippen LogP contribution in [-0.2, 0) is 0 Å². The molecule has 0 saturated heterocycles. The van der Waals surface area contributed by atoms with Crippen LogP contribution >= 0.6 is 11.6 Å². The molecule has 0 saturated carbocycles. The van der Waals surface area contributed by atoms with E-state index >= 15 is 0 Å². The van der Waals surface area contributed by atoms with Crippen LogP contribution in [0.25, 0.3) is 0 Å². The highest BCUT2D eigenvalue weighted by molar-refractivity contribution is 6.20. The largest absolute Gasteiger partial charge is 0.291 e. The molecule has 10 heavy (non-hydrogen) atoms. The Kier molecular flexibility index (Phi) is 4.92. The molecule has 0 radical (unpaired) electrons. The van der Waals surface area contributed by atoms with Crippen molar-refractivity contribution >= 4 is 11.6 Å². The molecule has 0 aliphatic carbocycles. The van der Waals surface area contributed by atoms with E-state index in [1.54, 1.807) is 0 Å². The predicted molar refractivity (Wildman–Crippen MR) is 47.0 cm³/mol. The summed E-state index contributed by atoms with van der Waals surface area (Å²) in [5.41, 5.74) is 5.52. The Morgan fingerprint density at radius 2 is 2.10 bits per heavy atom. The molecule has 0 heterocycles. The van der Waals surface area contributed by atoms with Gasteiger partial charge in [-0.05, 0) is 12.3 Å². The lowest BCUT2D eigenvalue weighted by Crippen LogP contribution is -2.23. The van der Waals surface area contributed by atoms with Crippen LogP contribution in [0.5, 0.6) is 0 Å². The van der Waals surface area contributed by atoms with Crippen molar-refractivity contribution in [2.45, 2.75) is 38.1 Å². The van der Waals surface area contributed by atoms with Gasteiger partial charge in [0.05, 0.1) is 6.92 Å². The van der Waals surface area contributed by atoms with E-state index in [9.17, 15) is 0 Å². The van der Waals surface area contributed by atoms with Crippen LogP contribution in [0.3, 0.4) is 0 Å². The lowest BCUT2D eigenvalue weighted by atomic mass is 9.98. The number of hydrogen-bond donors (Lipinski definition) is 1. The van der Waals surface area contributed by atoms with Crippen molar-refractivity contribution in [2.24, 2.45) is 11.7 Å². The summed E-state index contributed by atoms with van der Waals surface area (Å²) in [6.45, 7) is 7.92. The summed E-state index contributed by atoms with van der Waals surface area (Å²) in [5.74, 6) is 0.485. The zero-order chi connectivity index (χ0) is 8.15. The lowest BCUT2D eigenvalue weighted by molar-refractivity contribution is 0.469. The molecule has 2 heteroatoms. The third-order valence-corrected chi connectivity index (χ3v) is 2.42.